The van der Waals surface area contributed by atoms with Crippen molar-refractivity contribution in [2.75, 3.05) is 85.8 Å². The van der Waals surface area contributed by atoms with Crippen LogP contribution in [-0.4, -0.2) is 133 Å². The van der Waals surface area contributed by atoms with Crippen molar-refractivity contribution >= 4 is 46.3 Å². The lowest BCUT2D eigenvalue weighted by atomic mass is 10.2. The minimum absolute atomic E-state index is 0. The highest BCUT2D eigenvalue weighted by molar-refractivity contribution is 5.97. The van der Waals surface area contributed by atoms with Crippen LogP contribution in [0.2, 0.25) is 0 Å². The Morgan fingerprint density at radius 3 is 1.86 bits per heavy atom. The topological polar surface area (TPSA) is 152 Å². The lowest BCUT2D eigenvalue weighted by Gasteiger charge is -2.28. The van der Waals surface area contributed by atoms with E-state index >= 15 is 0 Å². The lowest BCUT2D eigenvalue weighted by Crippen LogP contribution is -2.41. The first-order chi connectivity index (χ1) is 20.1. The largest absolute Gasteiger partial charge is 0.379 e. The fourth-order valence-electron chi connectivity index (χ4n) is 4.53. The number of halogens is 1. The Bertz CT molecular complexity index is 1440. The minimum atomic E-state index is -0.108. The molecule has 2 aromatic heterocycles. The molecule has 4 aromatic rings. The summed E-state index contributed by atoms with van der Waals surface area (Å²) in [5.41, 5.74) is 3.66. The standard InChI is InChI=1S/C14H18N4O3.C13H16N4O3.ClH/c1-17(4-5-18-6-8-20-9-7-18)14(19)11-2-3-12-13(10-11)16-21-15-12;18-13(14-3-4-17-5-7-19-8-6-17)10-1-2-11-12(9-10)16-20-15-11;/h2-3,10H,4-9H2,1H3;1-2,9H,3-8H2,(H,14,18);1H. The molecule has 2 aromatic carbocycles. The number of benzene rings is 2. The van der Waals surface area contributed by atoms with Crippen molar-refractivity contribution in [2.45, 2.75) is 0 Å². The number of ether oxygens (including phenoxy) is 2. The summed E-state index contributed by atoms with van der Waals surface area (Å²) in [6.45, 7) is 9.79. The number of fused-ring (bicyclic) bond motifs is 2. The van der Waals surface area contributed by atoms with Gasteiger partial charge in [0.1, 0.15) is 22.1 Å². The predicted molar refractivity (Wildman–Crippen MR) is 155 cm³/mol. The third-order valence-electron chi connectivity index (χ3n) is 7.04. The third-order valence-corrected chi connectivity index (χ3v) is 7.04. The van der Waals surface area contributed by atoms with Crippen LogP contribution in [-0.2, 0) is 9.47 Å². The molecule has 0 spiro atoms. The van der Waals surface area contributed by atoms with Gasteiger partial charge in [0, 0.05) is 70.5 Å². The van der Waals surface area contributed by atoms with Gasteiger partial charge < -0.3 is 19.7 Å². The summed E-state index contributed by atoms with van der Waals surface area (Å²) in [5.74, 6) is -0.128. The van der Waals surface area contributed by atoms with Crippen molar-refractivity contribution in [3.63, 3.8) is 0 Å². The van der Waals surface area contributed by atoms with Crippen LogP contribution < -0.4 is 5.32 Å². The van der Waals surface area contributed by atoms with Gasteiger partial charge >= 0.3 is 0 Å². The lowest BCUT2D eigenvalue weighted by molar-refractivity contribution is 0.0338. The highest BCUT2D eigenvalue weighted by Gasteiger charge is 2.16. The van der Waals surface area contributed by atoms with E-state index in [9.17, 15) is 9.59 Å². The van der Waals surface area contributed by atoms with Crippen LogP contribution in [0.3, 0.4) is 0 Å². The van der Waals surface area contributed by atoms with Crippen LogP contribution in [0.1, 0.15) is 20.7 Å². The van der Waals surface area contributed by atoms with Crippen LogP contribution >= 0.6 is 12.4 Å². The average molecular weight is 603 g/mol. The summed E-state index contributed by atoms with van der Waals surface area (Å²) in [6, 6.07) is 10.3. The molecule has 0 aliphatic carbocycles. The summed E-state index contributed by atoms with van der Waals surface area (Å²) < 4.78 is 19.8. The minimum Gasteiger partial charge on any atom is -0.379 e. The second-order valence-electron chi connectivity index (χ2n) is 9.83. The van der Waals surface area contributed by atoms with Gasteiger partial charge in [0.05, 0.1) is 26.4 Å². The SMILES string of the molecule is CN(CCN1CCOCC1)C(=O)c1ccc2nonc2c1.Cl.O=C(NCCN1CCOCC1)c1ccc2nonc2c1. The number of hydrogen-bond donors (Lipinski definition) is 1. The van der Waals surface area contributed by atoms with E-state index in [-0.39, 0.29) is 24.2 Å². The van der Waals surface area contributed by atoms with Crippen LogP contribution in [0.15, 0.2) is 45.7 Å². The average Bonchev–Trinajstić information content (AvgIpc) is 3.69. The number of nitrogens with one attached hydrogen (secondary N) is 1. The van der Waals surface area contributed by atoms with E-state index in [0.29, 0.717) is 46.3 Å². The zero-order valence-corrected chi connectivity index (χ0v) is 24.3. The van der Waals surface area contributed by atoms with E-state index in [4.69, 9.17) is 9.47 Å². The normalized spacial score (nSPS) is 15.9. The van der Waals surface area contributed by atoms with Crippen molar-refractivity contribution in [1.82, 2.24) is 40.6 Å². The molecule has 2 fully saturated rings. The molecule has 1 N–H and O–H groups in total. The van der Waals surface area contributed by atoms with Gasteiger partial charge in [-0.25, -0.2) is 9.26 Å². The number of hydrogen-bond acceptors (Lipinski definition) is 12. The first kappa shape index (κ1) is 31.3. The summed E-state index contributed by atoms with van der Waals surface area (Å²) in [5, 5.41) is 17.8. The van der Waals surface area contributed by atoms with Crippen LogP contribution in [0.25, 0.3) is 22.1 Å². The monoisotopic (exact) mass is 602 g/mol. The van der Waals surface area contributed by atoms with Gasteiger partial charge in [0.2, 0.25) is 0 Å². The maximum absolute atomic E-state index is 12.4. The molecule has 2 saturated heterocycles. The summed E-state index contributed by atoms with van der Waals surface area (Å²) in [7, 11) is 1.81. The van der Waals surface area contributed by atoms with Crippen LogP contribution in [0.5, 0.6) is 0 Å². The van der Waals surface area contributed by atoms with Gasteiger partial charge in [-0.1, -0.05) is 0 Å². The maximum atomic E-state index is 12.4. The molecule has 6 rings (SSSR count). The maximum Gasteiger partial charge on any atom is 0.253 e. The van der Waals surface area contributed by atoms with Gasteiger partial charge in [0.25, 0.3) is 11.8 Å². The fraction of sp³-hybridized carbons (Fsp3) is 0.481. The number of nitrogens with zero attached hydrogens (tertiary/aromatic N) is 7. The molecule has 0 saturated carbocycles. The number of carbonyl (C=O) groups excluding carboxylic acids is 2. The summed E-state index contributed by atoms with van der Waals surface area (Å²) >= 11 is 0. The highest BCUT2D eigenvalue weighted by atomic mass is 35.5. The first-order valence-electron chi connectivity index (χ1n) is 13.7. The Morgan fingerprint density at radius 1 is 0.762 bits per heavy atom. The molecule has 226 valence electrons. The van der Waals surface area contributed by atoms with E-state index in [0.717, 1.165) is 65.7 Å². The van der Waals surface area contributed by atoms with E-state index in [1.807, 2.05) is 7.05 Å². The number of carbonyl (C=O) groups is 2. The second kappa shape index (κ2) is 15.5. The number of likely N-dealkylation sites (N-methyl/N-ethyl adjacent to an activating group) is 1. The molecular weight excluding hydrogens is 568 g/mol. The van der Waals surface area contributed by atoms with Crippen LogP contribution in [0, 0.1) is 0 Å². The molecule has 0 bridgehead atoms. The molecule has 2 amide bonds. The Labute approximate surface area is 248 Å². The van der Waals surface area contributed by atoms with Crippen molar-refractivity contribution in [3.8, 4) is 0 Å². The quantitative estimate of drug-likeness (QED) is 0.310. The van der Waals surface area contributed by atoms with Gasteiger partial charge in [-0.3, -0.25) is 19.4 Å². The van der Waals surface area contributed by atoms with Gasteiger partial charge in [0.15, 0.2) is 0 Å². The molecule has 15 heteroatoms. The van der Waals surface area contributed by atoms with Crippen molar-refractivity contribution in [3.05, 3.63) is 47.5 Å². The molecule has 2 aliphatic heterocycles. The zero-order chi connectivity index (χ0) is 28.4. The Morgan fingerprint density at radius 2 is 1.26 bits per heavy atom. The molecule has 14 nitrogen and oxygen atoms in total. The molecule has 0 radical (unpaired) electrons. The molecule has 4 heterocycles. The molecular formula is C27H35ClN8O6. The predicted octanol–water partition coefficient (Wildman–Crippen LogP) is 1.33. The number of rotatable bonds is 8. The highest BCUT2D eigenvalue weighted by Crippen LogP contribution is 2.13. The summed E-state index contributed by atoms with van der Waals surface area (Å²) in [6.07, 6.45) is 0. The molecule has 42 heavy (non-hydrogen) atoms. The van der Waals surface area contributed by atoms with E-state index in [1.54, 1.807) is 41.3 Å². The smallest absolute Gasteiger partial charge is 0.253 e. The number of aromatic nitrogens is 4. The molecule has 2 aliphatic rings. The number of amides is 2. The van der Waals surface area contributed by atoms with Gasteiger partial charge in [-0.05, 0) is 57.0 Å². The molecule has 0 atom stereocenters. The van der Waals surface area contributed by atoms with Crippen LogP contribution in [0.4, 0.5) is 0 Å². The second-order valence-corrected chi connectivity index (χ2v) is 9.83. The fourth-order valence-corrected chi connectivity index (χ4v) is 4.53. The zero-order valence-electron chi connectivity index (χ0n) is 23.4. The van der Waals surface area contributed by atoms with E-state index in [2.05, 4.69) is 45.0 Å². The summed E-state index contributed by atoms with van der Waals surface area (Å²) in [4.78, 5) is 30.7. The Balaban J connectivity index is 0.000000189. The van der Waals surface area contributed by atoms with E-state index in [1.165, 1.54) is 0 Å². The van der Waals surface area contributed by atoms with E-state index < -0.39 is 0 Å². The van der Waals surface area contributed by atoms with Gasteiger partial charge in [-0.15, -0.1) is 12.4 Å². The number of morpholine rings is 2. The Kier molecular flexibility index (Phi) is 11.5. The molecule has 0 unspecified atom stereocenters. The van der Waals surface area contributed by atoms with Crippen molar-refractivity contribution in [1.29, 1.82) is 0 Å². The Hall–Kier alpha value is -3.69. The van der Waals surface area contributed by atoms with Gasteiger partial charge in [-0.2, -0.15) is 0 Å². The third kappa shape index (κ3) is 8.42. The first-order valence-corrected chi connectivity index (χ1v) is 13.7. The van der Waals surface area contributed by atoms with Crippen molar-refractivity contribution < 1.29 is 28.3 Å². The van der Waals surface area contributed by atoms with Crippen molar-refractivity contribution in [2.24, 2.45) is 0 Å².